The maximum atomic E-state index is 5.82. The maximum Gasteiger partial charge on any atom is 0.0406 e. The highest BCUT2D eigenvalue weighted by molar-refractivity contribution is 9.10. The minimum absolute atomic E-state index is 0.790. The molecule has 0 amide bonds. The third kappa shape index (κ3) is 2.38. The fourth-order valence-electron chi connectivity index (χ4n) is 1.26. The summed E-state index contributed by atoms with van der Waals surface area (Å²) in [6.07, 6.45) is 0.960. The van der Waals surface area contributed by atoms with E-state index in [0.29, 0.717) is 0 Å². The van der Waals surface area contributed by atoms with Crippen LogP contribution in [0.1, 0.15) is 11.1 Å². The van der Waals surface area contributed by atoms with Crippen molar-refractivity contribution in [3.63, 3.8) is 0 Å². The molecule has 0 aliphatic rings. The molecular weight excluding hydrogens is 280 g/mol. The molecule has 0 bridgehead atoms. The van der Waals surface area contributed by atoms with E-state index in [1.807, 2.05) is 12.1 Å². The van der Waals surface area contributed by atoms with Crippen LogP contribution in [-0.4, -0.2) is 0 Å². The van der Waals surface area contributed by atoms with Gasteiger partial charge >= 0.3 is 0 Å². The van der Waals surface area contributed by atoms with Gasteiger partial charge in [-0.25, -0.2) is 0 Å². The highest BCUT2D eigenvalue weighted by Crippen LogP contribution is 2.24. The van der Waals surface area contributed by atoms with Crippen LogP contribution < -0.4 is 0 Å². The van der Waals surface area contributed by atoms with E-state index in [-0.39, 0.29) is 0 Å². The molecule has 1 aromatic heterocycles. The van der Waals surface area contributed by atoms with Gasteiger partial charge in [-0.2, -0.15) is 11.3 Å². The van der Waals surface area contributed by atoms with Gasteiger partial charge in [-0.05, 0) is 51.0 Å². The molecule has 0 aliphatic heterocycles. The highest BCUT2D eigenvalue weighted by Gasteiger charge is 2.01. The molecule has 0 aliphatic carbocycles. The predicted octanol–water partition coefficient (Wildman–Crippen LogP) is 4.75. The van der Waals surface area contributed by atoms with Crippen LogP contribution in [0.2, 0.25) is 5.02 Å². The van der Waals surface area contributed by atoms with E-state index >= 15 is 0 Å². The van der Waals surface area contributed by atoms with Crippen molar-refractivity contribution in [1.29, 1.82) is 0 Å². The second-order valence-electron chi connectivity index (χ2n) is 3.05. The molecule has 2 rings (SSSR count). The molecule has 0 N–H and O–H groups in total. The monoisotopic (exact) mass is 286 g/mol. The average molecular weight is 288 g/mol. The van der Waals surface area contributed by atoms with Crippen molar-refractivity contribution in [1.82, 2.24) is 0 Å². The summed E-state index contributed by atoms with van der Waals surface area (Å²) in [7, 11) is 0. The van der Waals surface area contributed by atoms with Gasteiger partial charge in [-0.3, -0.25) is 0 Å². The van der Waals surface area contributed by atoms with E-state index < -0.39 is 0 Å². The van der Waals surface area contributed by atoms with Crippen LogP contribution in [0.4, 0.5) is 0 Å². The molecule has 0 fully saturated rings. The Labute approximate surface area is 101 Å². The Bertz CT molecular complexity index is 419. The van der Waals surface area contributed by atoms with Crippen molar-refractivity contribution in [2.45, 2.75) is 6.42 Å². The summed E-state index contributed by atoms with van der Waals surface area (Å²) >= 11 is 11.1. The van der Waals surface area contributed by atoms with Crippen molar-refractivity contribution >= 4 is 38.9 Å². The smallest absolute Gasteiger partial charge is 0.0406 e. The van der Waals surface area contributed by atoms with Crippen molar-refractivity contribution < 1.29 is 0 Å². The van der Waals surface area contributed by atoms with Gasteiger partial charge in [0.25, 0.3) is 0 Å². The van der Waals surface area contributed by atoms with E-state index in [2.05, 4.69) is 38.8 Å². The van der Waals surface area contributed by atoms with Gasteiger partial charge in [-0.1, -0.05) is 23.7 Å². The van der Waals surface area contributed by atoms with Crippen molar-refractivity contribution in [2.75, 3.05) is 0 Å². The van der Waals surface area contributed by atoms with Gasteiger partial charge in [0.1, 0.15) is 0 Å². The summed E-state index contributed by atoms with van der Waals surface area (Å²) in [6, 6.07) is 7.98. The predicted molar refractivity (Wildman–Crippen MR) is 66.3 cm³/mol. The first kappa shape index (κ1) is 10.2. The number of hydrogen-bond donors (Lipinski definition) is 0. The molecule has 0 saturated heterocycles. The minimum Gasteiger partial charge on any atom is -0.151 e. The molecule has 0 spiro atoms. The SMILES string of the molecule is Clc1ccc(Cc2cscc2Br)cc1. The molecule has 0 saturated carbocycles. The molecule has 1 heterocycles. The van der Waals surface area contributed by atoms with E-state index in [1.54, 1.807) is 11.3 Å². The van der Waals surface area contributed by atoms with E-state index in [4.69, 9.17) is 11.6 Å². The Hall–Kier alpha value is -0.310. The zero-order valence-electron chi connectivity index (χ0n) is 7.34. The number of benzene rings is 1. The first-order chi connectivity index (χ1) is 6.75. The molecule has 0 unspecified atom stereocenters. The van der Waals surface area contributed by atoms with E-state index in [1.165, 1.54) is 15.6 Å². The van der Waals surface area contributed by atoms with Crippen LogP contribution in [0.25, 0.3) is 0 Å². The molecule has 72 valence electrons. The molecule has 14 heavy (non-hydrogen) atoms. The standard InChI is InChI=1S/C11H8BrClS/c12-11-7-14-6-9(11)5-8-1-3-10(13)4-2-8/h1-4,6-7H,5H2. The minimum atomic E-state index is 0.790. The normalized spacial score (nSPS) is 10.4. The van der Waals surface area contributed by atoms with Gasteiger partial charge in [0, 0.05) is 14.9 Å². The summed E-state index contributed by atoms with van der Waals surface area (Å²) in [4.78, 5) is 0. The van der Waals surface area contributed by atoms with Crippen LogP contribution in [0, 0.1) is 0 Å². The summed E-state index contributed by atoms with van der Waals surface area (Å²) < 4.78 is 1.19. The highest BCUT2D eigenvalue weighted by atomic mass is 79.9. The van der Waals surface area contributed by atoms with Crippen LogP contribution in [0.5, 0.6) is 0 Å². The third-order valence-electron chi connectivity index (χ3n) is 2.00. The first-order valence-electron chi connectivity index (χ1n) is 4.21. The Balaban J connectivity index is 2.19. The average Bonchev–Trinajstić information content (AvgIpc) is 2.56. The third-order valence-corrected chi connectivity index (χ3v) is 4.08. The Kier molecular flexibility index (Phi) is 3.26. The largest absolute Gasteiger partial charge is 0.151 e. The summed E-state index contributed by atoms with van der Waals surface area (Å²) in [5, 5.41) is 5.06. The quantitative estimate of drug-likeness (QED) is 0.747. The lowest BCUT2D eigenvalue weighted by molar-refractivity contribution is 1.20. The zero-order valence-corrected chi connectivity index (χ0v) is 10.5. The molecule has 2 aromatic rings. The fourth-order valence-corrected chi connectivity index (χ4v) is 2.83. The van der Waals surface area contributed by atoms with Crippen molar-refractivity contribution in [3.8, 4) is 0 Å². The van der Waals surface area contributed by atoms with Crippen molar-refractivity contribution in [3.05, 3.63) is 55.6 Å². The Morgan fingerprint density at radius 1 is 1.14 bits per heavy atom. The molecule has 0 atom stereocenters. The van der Waals surface area contributed by atoms with E-state index in [0.717, 1.165) is 11.4 Å². The molecule has 3 heteroatoms. The summed E-state index contributed by atoms with van der Waals surface area (Å²) in [6.45, 7) is 0. The van der Waals surface area contributed by atoms with Crippen LogP contribution in [0.15, 0.2) is 39.5 Å². The lowest BCUT2D eigenvalue weighted by Crippen LogP contribution is -1.85. The second-order valence-corrected chi connectivity index (χ2v) is 5.08. The Morgan fingerprint density at radius 2 is 1.86 bits per heavy atom. The number of thiophene rings is 1. The lowest BCUT2D eigenvalue weighted by atomic mass is 10.1. The first-order valence-corrected chi connectivity index (χ1v) is 6.32. The number of rotatable bonds is 2. The van der Waals surface area contributed by atoms with Gasteiger partial charge in [0.2, 0.25) is 0 Å². The number of hydrogen-bond acceptors (Lipinski definition) is 1. The topological polar surface area (TPSA) is 0 Å². The zero-order chi connectivity index (χ0) is 9.97. The summed E-state index contributed by atoms with van der Waals surface area (Å²) in [5.74, 6) is 0. The van der Waals surface area contributed by atoms with Crippen LogP contribution in [0.3, 0.4) is 0 Å². The molecule has 1 aromatic carbocycles. The Morgan fingerprint density at radius 3 is 2.43 bits per heavy atom. The second kappa shape index (κ2) is 4.47. The van der Waals surface area contributed by atoms with Crippen LogP contribution in [-0.2, 0) is 6.42 Å². The van der Waals surface area contributed by atoms with Gasteiger partial charge in [-0.15, -0.1) is 0 Å². The van der Waals surface area contributed by atoms with E-state index in [9.17, 15) is 0 Å². The van der Waals surface area contributed by atoms with Gasteiger partial charge < -0.3 is 0 Å². The van der Waals surface area contributed by atoms with Crippen LogP contribution >= 0.6 is 38.9 Å². The molecular formula is C11H8BrClS. The van der Waals surface area contributed by atoms with Gasteiger partial charge in [0.15, 0.2) is 0 Å². The molecule has 0 radical (unpaired) electrons. The summed E-state index contributed by atoms with van der Waals surface area (Å²) in [5.41, 5.74) is 2.62. The number of halogens is 2. The maximum absolute atomic E-state index is 5.82. The fraction of sp³-hybridized carbons (Fsp3) is 0.0909. The van der Waals surface area contributed by atoms with Gasteiger partial charge in [0.05, 0.1) is 0 Å². The molecule has 0 nitrogen and oxygen atoms in total. The lowest BCUT2D eigenvalue weighted by Gasteiger charge is -2.00. The van der Waals surface area contributed by atoms with Crippen molar-refractivity contribution in [2.24, 2.45) is 0 Å².